The van der Waals surface area contributed by atoms with Crippen LogP contribution in [0.1, 0.15) is 77.6 Å². The first-order chi connectivity index (χ1) is 12.7. The largest absolute Gasteiger partial charge is 0.388 e. The van der Waals surface area contributed by atoms with Crippen LogP contribution in [-0.2, 0) is 9.47 Å². The van der Waals surface area contributed by atoms with E-state index in [0.717, 1.165) is 19.3 Å². The van der Waals surface area contributed by atoms with Gasteiger partial charge in [0.25, 0.3) is 0 Å². The maximum Gasteiger partial charge on any atom is 0.114 e. The monoisotopic (exact) mass is 372 g/mol. The number of unbranched alkanes of at least 4 members (excludes halogenated alkanes) is 9. The van der Waals surface area contributed by atoms with Crippen molar-refractivity contribution in [2.45, 2.75) is 102 Å². The van der Waals surface area contributed by atoms with E-state index < -0.39 is 24.4 Å². The molecule has 5 heteroatoms. The number of hydrogen-bond acceptors (Lipinski definition) is 5. The summed E-state index contributed by atoms with van der Waals surface area (Å²) in [6, 6.07) is 0. The molecule has 0 aromatic heterocycles. The quantitative estimate of drug-likeness (QED) is 0.286. The second-order valence-electron chi connectivity index (χ2n) is 7.35. The Balaban J connectivity index is 1.80. The van der Waals surface area contributed by atoms with Crippen LogP contribution in [0.3, 0.4) is 0 Å². The molecular weight excluding hydrogens is 332 g/mol. The fourth-order valence-corrected chi connectivity index (χ4v) is 3.25. The molecule has 1 rings (SSSR count). The van der Waals surface area contributed by atoms with Gasteiger partial charge in [0.05, 0.1) is 13.2 Å². The van der Waals surface area contributed by atoms with Crippen LogP contribution in [0.4, 0.5) is 0 Å². The van der Waals surface area contributed by atoms with E-state index in [0.29, 0.717) is 6.61 Å². The molecule has 1 heterocycles. The molecule has 0 unspecified atom stereocenters. The number of hydrogen-bond donors (Lipinski definition) is 3. The minimum absolute atomic E-state index is 0.0683. The van der Waals surface area contributed by atoms with Crippen molar-refractivity contribution in [2.75, 3.05) is 19.8 Å². The summed E-state index contributed by atoms with van der Waals surface area (Å²) >= 11 is 0. The van der Waals surface area contributed by atoms with Crippen LogP contribution < -0.4 is 0 Å². The van der Waals surface area contributed by atoms with Gasteiger partial charge in [0, 0.05) is 6.61 Å². The summed E-state index contributed by atoms with van der Waals surface area (Å²) in [5, 5.41) is 29.0. The predicted molar refractivity (Wildman–Crippen MR) is 104 cm³/mol. The Morgan fingerprint density at radius 1 is 0.962 bits per heavy atom. The van der Waals surface area contributed by atoms with Crippen molar-refractivity contribution >= 4 is 0 Å². The third-order valence-electron chi connectivity index (χ3n) is 4.92. The lowest BCUT2D eigenvalue weighted by atomic mass is 10.1. The summed E-state index contributed by atoms with van der Waals surface area (Å²) in [6.45, 7) is 3.00. The average molecular weight is 373 g/mol. The average Bonchev–Trinajstić information content (AvgIpc) is 2.97. The third-order valence-corrected chi connectivity index (χ3v) is 4.92. The maximum absolute atomic E-state index is 9.92. The van der Waals surface area contributed by atoms with Gasteiger partial charge >= 0.3 is 0 Å². The van der Waals surface area contributed by atoms with Crippen LogP contribution in [-0.4, -0.2) is 59.6 Å². The van der Waals surface area contributed by atoms with Gasteiger partial charge in [0.15, 0.2) is 0 Å². The van der Waals surface area contributed by atoms with Gasteiger partial charge in [0.1, 0.15) is 24.4 Å². The highest BCUT2D eigenvalue weighted by Crippen LogP contribution is 2.18. The summed E-state index contributed by atoms with van der Waals surface area (Å²) in [6.07, 6.45) is 14.7. The summed E-state index contributed by atoms with van der Waals surface area (Å²) in [5.41, 5.74) is 0. The number of aliphatic hydroxyl groups excluding tert-OH is 3. The number of allylic oxidation sites excluding steroid dienone is 2. The zero-order valence-corrected chi connectivity index (χ0v) is 16.5. The summed E-state index contributed by atoms with van der Waals surface area (Å²) in [5.74, 6) is 0. The Labute approximate surface area is 159 Å². The number of rotatable bonds is 16. The van der Waals surface area contributed by atoms with E-state index >= 15 is 0 Å². The molecule has 1 aliphatic heterocycles. The van der Waals surface area contributed by atoms with Crippen LogP contribution in [0.5, 0.6) is 0 Å². The highest BCUT2D eigenvalue weighted by atomic mass is 16.5. The molecule has 1 saturated heterocycles. The van der Waals surface area contributed by atoms with Gasteiger partial charge in [-0.2, -0.15) is 0 Å². The summed E-state index contributed by atoms with van der Waals surface area (Å²) < 4.78 is 10.6. The molecule has 5 nitrogen and oxygen atoms in total. The Kier molecular flexibility index (Phi) is 14.1. The number of aliphatic hydroxyl groups is 3. The lowest BCUT2D eigenvalue weighted by molar-refractivity contribution is -0.0813. The van der Waals surface area contributed by atoms with E-state index in [1.165, 1.54) is 51.4 Å². The van der Waals surface area contributed by atoms with E-state index in [1.54, 1.807) is 0 Å². The molecule has 0 aromatic rings. The third kappa shape index (κ3) is 10.6. The SMILES string of the molecule is CC/C=C/CCCCCCCCCCCOC[C@@H](O)[C@@H]1OC[C@H](O)[C@@H]1O. The van der Waals surface area contributed by atoms with E-state index in [-0.39, 0.29) is 13.2 Å². The highest BCUT2D eigenvalue weighted by molar-refractivity contribution is 4.87. The topological polar surface area (TPSA) is 79.2 Å². The lowest BCUT2D eigenvalue weighted by Crippen LogP contribution is -2.40. The van der Waals surface area contributed by atoms with Crippen molar-refractivity contribution in [1.82, 2.24) is 0 Å². The predicted octanol–water partition coefficient (Wildman–Crippen LogP) is 3.35. The molecule has 26 heavy (non-hydrogen) atoms. The molecule has 0 saturated carbocycles. The van der Waals surface area contributed by atoms with Crippen LogP contribution in [0.15, 0.2) is 12.2 Å². The van der Waals surface area contributed by atoms with Gasteiger partial charge in [-0.3, -0.25) is 0 Å². The molecule has 0 aromatic carbocycles. The molecule has 0 aliphatic carbocycles. The molecule has 0 amide bonds. The van der Waals surface area contributed by atoms with E-state index in [9.17, 15) is 15.3 Å². The van der Waals surface area contributed by atoms with Gasteiger partial charge in [0.2, 0.25) is 0 Å². The number of ether oxygens (including phenoxy) is 2. The lowest BCUT2D eigenvalue weighted by Gasteiger charge is -2.20. The van der Waals surface area contributed by atoms with Gasteiger partial charge in [-0.1, -0.05) is 64.0 Å². The Hall–Kier alpha value is -0.460. The van der Waals surface area contributed by atoms with Crippen molar-refractivity contribution in [1.29, 1.82) is 0 Å². The summed E-state index contributed by atoms with van der Waals surface area (Å²) in [7, 11) is 0. The van der Waals surface area contributed by atoms with Crippen molar-refractivity contribution in [3.63, 3.8) is 0 Å². The fourth-order valence-electron chi connectivity index (χ4n) is 3.25. The van der Waals surface area contributed by atoms with Gasteiger partial charge in [-0.25, -0.2) is 0 Å². The summed E-state index contributed by atoms with van der Waals surface area (Å²) in [4.78, 5) is 0. The molecule has 0 bridgehead atoms. The molecular formula is C21H40O5. The molecule has 3 N–H and O–H groups in total. The van der Waals surface area contributed by atoms with Crippen LogP contribution in [0, 0.1) is 0 Å². The Morgan fingerprint density at radius 2 is 1.58 bits per heavy atom. The Bertz CT molecular complexity index is 347. The van der Waals surface area contributed by atoms with Crippen LogP contribution >= 0.6 is 0 Å². The van der Waals surface area contributed by atoms with Crippen LogP contribution in [0.25, 0.3) is 0 Å². The maximum atomic E-state index is 9.92. The normalized spacial score (nSPS) is 24.5. The molecule has 0 radical (unpaired) electrons. The first-order valence-electron chi connectivity index (χ1n) is 10.5. The zero-order chi connectivity index (χ0) is 19.0. The standard InChI is InChI=1S/C21H40O5/c1-2-3-4-5-6-7-8-9-10-11-12-13-14-15-25-16-19(23)21-20(24)18(22)17-26-21/h3-4,18-24H,2,5-17H2,1H3/b4-3+/t18-,19+,20-,21-/m0/s1. The molecule has 1 aliphatic rings. The molecule has 0 spiro atoms. The highest BCUT2D eigenvalue weighted by Gasteiger charge is 2.39. The van der Waals surface area contributed by atoms with Crippen molar-refractivity contribution in [3.05, 3.63) is 12.2 Å². The van der Waals surface area contributed by atoms with Gasteiger partial charge in [-0.05, 0) is 25.7 Å². The minimum atomic E-state index is -1.03. The van der Waals surface area contributed by atoms with Gasteiger partial charge < -0.3 is 24.8 Å². The van der Waals surface area contributed by atoms with Gasteiger partial charge in [-0.15, -0.1) is 0 Å². The van der Waals surface area contributed by atoms with Crippen molar-refractivity contribution in [3.8, 4) is 0 Å². The second-order valence-corrected chi connectivity index (χ2v) is 7.35. The zero-order valence-electron chi connectivity index (χ0n) is 16.5. The van der Waals surface area contributed by atoms with E-state index in [1.807, 2.05) is 0 Å². The first-order valence-corrected chi connectivity index (χ1v) is 10.5. The van der Waals surface area contributed by atoms with E-state index in [2.05, 4.69) is 19.1 Å². The van der Waals surface area contributed by atoms with Crippen molar-refractivity contribution < 1.29 is 24.8 Å². The molecule has 154 valence electrons. The van der Waals surface area contributed by atoms with Crippen molar-refractivity contribution in [2.24, 2.45) is 0 Å². The Morgan fingerprint density at radius 3 is 2.15 bits per heavy atom. The first kappa shape index (κ1) is 23.6. The second kappa shape index (κ2) is 15.6. The van der Waals surface area contributed by atoms with E-state index in [4.69, 9.17) is 9.47 Å². The smallest absolute Gasteiger partial charge is 0.114 e. The molecule has 4 atom stereocenters. The minimum Gasteiger partial charge on any atom is -0.388 e. The van der Waals surface area contributed by atoms with Crippen LogP contribution in [0.2, 0.25) is 0 Å². The fraction of sp³-hybridized carbons (Fsp3) is 0.905. The molecule has 1 fully saturated rings.